The third-order valence-corrected chi connectivity index (χ3v) is 16.3. The molecular weight excluding hydrogens is 1090 g/mol. The average Bonchev–Trinajstić information content (AvgIpc) is 2.84. The number of nitrogens with one attached hydrogen (secondary N) is 1. The zero-order valence-electron chi connectivity index (χ0n) is 47.9. The number of aliphatic hydroxyl groups is 1. The molecule has 18 heteroatoms. The largest absolute Gasteiger partial charge is 0.497 e. The Hall–Kier alpha value is -7.50. The van der Waals surface area contributed by atoms with E-state index in [1.165, 1.54) is 15.4 Å². The topological polar surface area (TPSA) is 161 Å². The number of unbranched alkanes of at least 4 members (excludes halogenated alkanes) is 5. The fourth-order valence-corrected chi connectivity index (χ4v) is 11.7. The maximum absolute atomic E-state index is 15.2. The molecule has 3 aliphatic rings. The molecule has 2 fully saturated rings. The number of fused-ring (bicyclic) bond motifs is 1. The number of halogens is 2. The number of urea groups is 1. The molecule has 2 N–H and O–H groups in total. The molecule has 16 nitrogen and oxygen atoms in total. The number of carbonyl (C=O) groups excluding carboxylic acids is 3. The highest BCUT2D eigenvalue weighted by Crippen LogP contribution is 2.46. The Kier molecular flexibility index (Phi) is 19.3. The van der Waals surface area contributed by atoms with Crippen molar-refractivity contribution in [2.24, 2.45) is 4.99 Å². The van der Waals surface area contributed by atoms with Crippen LogP contribution in [0.4, 0.5) is 10.6 Å². The Labute approximate surface area is 496 Å². The first-order valence-electron chi connectivity index (χ1n) is 29.1. The molecule has 0 aliphatic carbocycles. The second-order valence-electron chi connectivity index (χ2n) is 21.9. The SMILES string of the molecule is COc1ccc(C2=N[C@H](c3ccc(Cl)cc3)[C@H](c3ccc(Cl)cc3)N2C(=O)N2CCN(CC(=O)NCCCCCCCCc3cccc(-c4c(C)nn5c(N6CCN(CCO)CC6)cc(-c6ccccc6)nc45)c3)C(=O)C2)c(OC(C)C)c1. The number of aromatic nitrogens is 3. The Morgan fingerprint density at radius 1 is 0.771 bits per heavy atom. The predicted octanol–water partition coefficient (Wildman–Crippen LogP) is 11.1. The van der Waals surface area contributed by atoms with Crippen molar-refractivity contribution in [3.63, 3.8) is 0 Å². The molecule has 0 saturated carbocycles. The summed E-state index contributed by atoms with van der Waals surface area (Å²) in [5.41, 5.74) is 9.44. The second-order valence-corrected chi connectivity index (χ2v) is 22.8. The van der Waals surface area contributed by atoms with Gasteiger partial charge in [-0.25, -0.2) is 9.78 Å². The van der Waals surface area contributed by atoms with E-state index < -0.39 is 18.1 Å². The van der Waals surface area contributed by atoms with Gasteiger partial charge in [-0.15, -0.1) is 0 Å². The van der Waals surface area contributed by atoms with Crippen molar-refractivity contribution in [1.29, 1.82) is 0 Å². The summed E-state index contributed by atoms with van der Waals surface area (Å²) in [4.78, 5) is 62.2. The normalized spacial score (nSPS) is 16.7. The molecule has 0 unspecified atom stereocenters. The van der Waals surface area contributed by atoms with Crippen LogP contribution < -0.4 is 19.7 Å². The van der Waals surface area contributed by atoms with Crippen LogP contribution in [0.5, 0.6) is 11.5 Å². The average molecular weight is 1160 g/mol. The Balaban J connectivity index is 0.709. The second kappa shape index (κ2) is 27.3. The van der Waals surface area contributed by atoms with E-state index in [0.29, 0.717) is 46.0 Å². The minimum Gasteiger partial charge on any atom is -0.497 e. The van der Waals surface area contributed by atoms with Crippen LogP contribution in [-0.2, 0) is 16.0 Å². The Bertz CT molecular complexity index is 3410. The zero-order valence-corrected chi connectivity index (χ0v) is 49.4. The lowest BCUT2D eigenvalue weighted by atomic mass is 9.93. The van der Waals surface area contributed by atoms with Crippen LogP contribution in [-0.4, -0.2) is 148 Å². The summed E-state index contributed by atoms with van der Waals surface area (Å²) in [5.74, 6) is 1.95. The molecule has 7 aromatic rings. The summed E-state index contributed by atoms with van der Waals surface area (Å²) in [6.07, 6.45) is 6.93. The molecule has 0 radical (unpaired) electrons. The number of aliphatic hydroxyl groups excluding tert-OH is 1. The molecule has 5 aromatic carbocycles. The fourth-order valence-electron chi connectivity index (χ4n) is 11.5. The Morgan fingerprint density at radius 2 is 1.47 bits per heavy atom. The van der Waals surface area contributed by atoms with Gasteiger partial charge in [-0.2, -0.15) is 9.61 Å². The summed E-state index contributed by atoms with van der Waals surface area (Å²) in [7, 11) is 1.59. The van der Waals surface area contributed by atoms with Crippen molar-refractivity contribution in [2.75, 3.05) is 84.1 Å². The standard InChI is InChI=1S/C65H74Cl2N10O6/c1-44(2)83-56-40-53(82-4)28-29-54(56)63-70-61(48-20-24-51(66)25-21-48)62(49-22-26-52(67)27-23-49)76(63)65(81)75-36-35-74(59(80)43-75)42-57(79)68-30-13-8-6-5-7-10-15-46-16-14-19-50(39-46)60-45(3)71-77-58(73-33-31-72(32-34-73)37-38-78)41-55(69-64(60)77)47-17-11-9-12-18-47/h9,11-12,14,16-29,39-41,44,61-62,78H,5-8,10,13,15,30-38,42-43H2,1-4H3,(H,68,79)/t61-,62+/m1/s1. The fraction of sp³-hybridized carbons (Fsp3) is 0.385. The van der Waals surface area contributed by atoms with Crippen LogP contribution in [0.2, 0.25) is 10.0 Å². The van der Waals surface area contributed by atoms with Crippen LogP contribution in [0.3, 0.4) is 0 Å². The summed E-state index contributed by atoms with van der Waals surface area (Å²) >= 11 is 12.8. The van der Waals surface area contributed by atoms with E-state index in [2.05, 4.69) is 64.5 Å². The summed E-state index contributed by atoms with van der Waals surface area (Å²) < 4.78 is 13.9. The van der Waals surface area contributed by atoms with E-state index in [1.807, 2.05) is 73.0 Å². The number of β-amino-alcohol motifs (C(OH)–C–C–N with tert-alkyl or cyclic N) is 1. The number of piperazine rings is 2. The lowest BCUT2D eigenvalue weighted by Gasteiger charge is -2.38. The van der Waals surface area contributed by atoms with Gasteiger partial charge in [0, 0.05) is 85.7 Å². The predicted molar refractivity (Wildman–Crippen MR) is 328 cm³/mol. The van der Waals surface area contributed by atoms with Crippen LogP contribution in [0.1, 0.15) is 92.4 Å². The number of methoxy groups -OCH3 is 1. The van der Waals surface area contributed by atoms with Crippen LogP contribution in [0, 0.1) is 6.92 Å². The van der Waals surface area contributed by atoms with Gasteiger partial charge in [0.05, 0.1) is 49.4 Å². The number of amidine groups is 1. The minimum absolute atomic E-state index is 0.0835. The molecule has 0 bridgehead atoms. The number of anilines is 1. The maximum Gasteiger partial charge on any atom is 0.326 e. The van der Waals surface area contributed by atoms with E-state index in [9.17, 15) is 14.7 Å². The van der Waals surface area contributed by atoms with Gasteiger partial charge in [-0.1, -0.05) is 128 Å². The van der Waals surface area contributed by atoms with Gasteiger partial charge in [0.2, 0.25) is 11.8 Å². The highest BCUT2D eigenvalue weighted by molar-refractivity contribution is 6.30. The van der Waals surface area contributed by atoms with Crippen molar-refractivity contribution in [2.45, 2.75) is 83.9 Å². The molecule has 5 heterocycles. The van der Waals surface area contributed by atoms with E-state index in [4.69, 9.17) is 47.8 Å². The van der Waals surface area contributed by atoms with Crippen LogP contribution >= 0.6 is 23.2 Å². The molecule has 4 amide bonds. The Morgan fingerprint density at radius 3 is 2.17 bits per heavy atom. The highest BCUT2D eigenvalue weighted by atomic mass is 35.5. The summed E-state index contributed by atoms with van der Waals surface area (Å²) in [6, 6.07) is 39.9. The first-order chi connectivity index (χ1) is 40.3. The van der Waals surface area contributed by atoms with Crippen molar-refractivity contribution in [3.05, 3.63) is 165 Å². The molecule has 434 valence electrons. The zero-order chi connectivity index (χ0) is 58.0. The third-order valence-electron chi connectivity index (χ3n) is 15.8. The number of rotatable bonds is 22. The van der Waals surface area contributed by atoms with Gasteiger partial charge < -0.3 is 34.6 Å². The van der Waals surface area contributed by atoms with E-state index in [1.54, 1.807) is 42.3 Å². The number of aryl methyl sites for hydroxylation is 2. The van der Waals surface area contributed by atoms with E-state index in [-0.39, 0.29) is 50.7 Å². The summed E-state index contributed by atoms with van der Waals surface area (Å²) in [6.45, 7) is 10.9. The van der Waals surface area contributed by atoms with E-state index >= 15 is 4.79 Å². The van der Waals surface area contributed by atoms with Gasteiger partial charge in [-0.3, -0.25) is 24.4 Å². The number of ether oxygens (including phenoxy) is 2. The smallest absolute Gasteiger partial charge is 0.326 e. The number of nitrogens with zero attached hydrogens (tertiary/aromatic N) is 9. The van der Waals surface area contributed by atoms with Gasteiger partial charge in [-0.05, 0) is 98.7 Å². The van der Waals surface area contributed by atoms with Crippen molar-refractivity contribution < 1.29 is 29.0 Å². The molecule has 83 heavy (non-hydrogen) atoms. The maximum atomic E-state index is 15.2. The molecular formula is C65H74Cl2N10O6. The lowest BCUT2D eigenvalue weighted by molar-refractivity contribution is -0.139. The van der Waals surface area contributed by atoms with Crippen LogP contribution in [0.25, 0.3) is 28.0 Å². The molecule has 10 rings (SSSR count). The molecule has 3 aliphatic heterocycles. The van der Waals surface area contributed by atoms with Crippen molar-refractivity contribution >= 4 is 58.3 Å². The third kappa shape index (κ3) is 14.0. The molecule has 2 saturated heterocycles. The first-order valence-corrected chi connectivity index (χ1v) is 29.8. The summed E-state index contributed by atoms with van der Waals surface area (Å²) in [5, 5.41) is 18.8. The first kappa shape index (κ1) is 58.7. The number of aliphatic imine (C=N–C) groups is 1. The minimum atomic E-state index is -0.632. The van der Waals surface area contributed by atoms with Gasteiger partial charge >= 0.3 is 6.03 Å². The monoisotopic (exact) mass is 1160 g/mol. The van der Waals surface area contributed by atoms with Crippen molar-refractivity contribution in [3.8, 4) is 33.9 Å². The lowest BCUT2D eigenvalue weighted by Crippen LogP contribution is -2.57. The number of hydrogen-bond acceptors (Lipinski definition) is 11. The highest BCUT2D eigenvalue weighted by Gasteiger charge is 2.46. The molecule has 0 spiro atoms. The van der Waals surface area contributed by atoms with Gasteiger partial charge in [0.1, 0.15) is 35.7 Å². The molecule has 2 atom stereocenters. The quantitative estimate of drug-likeness (QED) is 0.0625. The number of amides is 4. The van der Waals surface area contributed by atoms with Crippen LogP contribution in [0.15, 0.2) is 132 Å². The number of benzene rings is 5. The van der Waals surface area contributed by atoms with Gasteiger partial charge in [0.15, 0.2) is 5.65 Å². The number of carbonyl (C=O) groups is 3. The van der Waals surface area contributed by atoms with E-state index in [0.717, 1.165) is 122 Å². The van der Waals surface area contributed by atoms with Gasteiger partial charge in [0.25, 0.3) is 0 Å². The number of hydrogen-bond donors (Lipinski definition) is 2. The van der Waals surface area contributed by atoms with Crippen molar-refractivity contribution in [1.82, 2.24) is 39.5 Å². The molecule has 2 aromatic heterocycles.